The van der Waals surface area contributed by atoms with E-state index in [1.54, 1.807) is 12.1 Å². The molecule has 1 atom stereocenters. The Bertz CT molecular complexity index is 985. The Hall–Kier alpha value is -2.42. The van der Waals surface area contributed by atoms with Crippen molar-refractivity contribution in [3.05, 3.63) is 54.1 Å². The van der Waals surface area contributed by atoms with Gasteiger partial charge in [-0.25, -0.2) is 8.42 Å². The third-order valence-electron chi connectivity index (χ3n) is 5.41. The fourth-order valence-corrected chi connectivity index (χ4v) is 5.28. The van der Waals surface area contributed by atoms with Crippen molar-refractivity contribution in [3.8, 4) is 0 Å². The van der Waals surface area contributed by atoms with Crippen LogP contribution in [0.2, 0.25) is 0 Å². The molecule has 7 nitrogen and oxygen atoms in total. The number of hydrogen-bond acceptors (Lipinski definition) is 5. The number of amides is 1. The Balaban J connectivity index is 1.41. The Morgan fingerprint density at radius 3 is 2.52 bits per heavy atom. The van der Waals surface area contributed by atoms with Crippen molar-refractivity contribution in [2.24, 2.45) is 0 Å². The standard InChI is InChI=1S/C21H25N3O4S/c1-16-14-17-4-2-3-5-20(17)24(16)15-21(25)22-18-6-8-19(9-7-18)29(26,27)23-10-12-28-13-11-23/h2-9,16H,10-15H2,1H3,(H,22,25)/t16-/m0/s1. The number of carbonyl (C=O) groups excluding carboxylic acids is 1. The van der Waals surface area contributed by atoms with Gasteiger partial charge in [-0.2, -0.15) is 4.31 Å². The summed E-state index contributed by atoms with van der Waals surface area (Å²) in [6, 6.07) is 14.7. The van der Waals surface area contributed by atoms with E-state index in [-0.39, 0.29) is 23.4 Å². The molecule has 0 bridgehead atoms. The van der Waals surface area contributed by atoms with Gasteiger partial charge in [0.2, 0.25) is 15.9 Å². The number of hydrogen-bond donors (Lipinski definition) is 1. The monoisotopic (exact) mass is 415 g/mol. The van der Waals surface area contributed by atoms with E-state index in [4.69, 9.17) is 4.74 Å². The van der Waals surface area contributed by atoms with Crippen LogP contribution in [0, 0.1) is 0 Å². The summed E-state index contributed by atoms with van der Waals surface area (Å²) in [6.45, 7) is 3.90. The second-order valence-electron chi connectivity index (χ2n) is 7.40. The van der Waals surface area contributed by atoms with E-state index >= 15 is 0 Å². The predicted octanol–water partition coefficient (Wildman–Crippen LogP) is 2.10. The maximum atomic E-state index is 12.7. The summed E-state index contributed by atoms with van der Waals surface area (Å²) in [6.07, 6.45) is 0.928. The minimum absolute atomic E-state index is 0.127. The first-order chi connectivity index (χ1) is 13.9. The van der Waals surface area contributed by atoms with Crippen LogP contribution >= 0.6 is 0 Å². The number of morpholine rings is 1. The van der Waals surface area contributed by atoms with Gasteiger partial charge in [-0.05, 0) is 49.2 Å². The van der Waals surface area contributed by atoms with Crippen LogP contribution in [-0.2, 0) is 26.0 Å². The van der Waals surface area contributed by atoms with Gasteiger partial charge in [0.1, 0.15) is 0 Å². The number of fused-ring (bicyclic) bond motifs is 1. The van der Waals surface area contributed by atoms with Crippen LogP contribution in [0.3, 0.4) is 0 Å². The summed E-state index contributed by atoms with van der Waals surface area (Å²) in [4.78, 5) is 14.9. The fourth-order valence-electron chi connectivity index (χ4n) is 3.87. The molecule has 1 saturated heterocycles. The van der Waals surface area contributed by atoms with Gasteiger partial charge in [0.05, 0.1) is 24.7 Å². The maximum Gasteiger partial charge on any atom is 0.243 e. The molecule has 29 heavy (non-hydrogen) atoms. The molecule has 2 aromatic rings. The van der Waals surface area contributed by atoms with Crippen molar-refractivity contribution in [1.29, 1.82) is 0 Å². The number of benzene rings is 2. The van der Waals surface area contributed by atoms with Crippen LogP contribution in [0.15, 0.2) is 53.4 Å². The minimum atomic E-state index is -3.53. The van der Waals surface area contributed by atoms with Crippen LogP contribution in [-0.4, -0.2) is 57.5 Å². The molecule has 0 radical (unpaired) electrons. The molecule has 8 heteroatoms. The van der Waals surface area contributed by atoms with Gasteiger partial charge in [-0.3, -0.25) is 4.79 Å². The lowest BCUT2D eigenvalue weighted by Gasteiger charge is -2.26. The fraction of sp³-hybridized carbons (Fsp3) is 0.381. The molecule has 2 heterocycles. The molecular weight excluding hydrogens is 390 g/mol. The van der Waals surface area contributed by atoms with E-state index < -0.39 is 10.0 Å². The van der Waals surface area contributed by atoms with Gasteiger partial charge in [0.15, 0.2) is 0 Å². The first-order valence-corrected chi connectivity index (χ1v) is 11.2. The van der Waals surface area contributed by atoms with Crippen molar-refractivity contribution in [3.63, 3.8) is 0 Å². The average molecular weight is 416 g/mol. The van der Waals surface area contributed by atoms with Crippen molar-refractivity contribution >= 4 is 27.3 Å². The van der Waals surface area contributed by atoms with Gasteiger partial charge >= 0.3 is 0 Å². The number of rotatable bonds is 5. The van der Waals surface area contributed by atoms with Gasteiger partial charge in [0.25, 0.3) is 0 Å². The number of nitrogens with one attached hydrogen (secondary N) is 1. The molecule has 0 spiro atoms. The average Bonchev–Trinajstić information content (AvgIpc) is 3.04. The number of anilines is 2. The van der Waals surface area contributed by atoms with Crippen LogP contribution in [0.4, 0.5) is 11.4 Å². The summed E-state index contributed by atoms with van der Waals surface area (Å²) < 4.78 is 32.0. The summed E-state index contributed by atoms with van der Waals surface area (Å²) in [5.74, 6) is -0.127. The molecule has 2 aliphatic rings. The SMILES string of the molecule is C[C@H]1Cc2ccccc2N1CC(=O)Nc1ccc(S(=O)(=O)N2CCOCC2)cc1. The third kappa shape index (κ3) is 4.14. The summed E-state index contributed by atoms with van der Waals surface area (Å²) in [7, 11) is -3.53. The molecule has 154 valence electrons. The molecular formula is C21H25N3O4S. The summed E-state index contributed by atoms with van der Waals surface area (Å²) >= 11 is 0. The largest absolute Gasteiger partial charge is 0.379 e. The molecule has 1 amide bonds. The van der Waals surface area contributed by atoms with E-state index in [2.05, 4.69) is 23.2 Å². The first-order valence-electron chi connectivity index (χ1n) is 9.77. The summed E-state index contributed by atoms with van der Waals surface area (Å²) in [5.41, 5.74) is 2.93. The molecule has 0 aliphatic carbocycles. The molecule has 0 aromatic heterocycles. The zero-order chi connectivity index (χ0) is 20.4. The zero-order valence-electron chi connectivity index (χ0n) is 16.4. The second kappa shape index (κ2) is 8.14. The molecule has 0 unspecified atom stereocenters. The molecule has 0 saturated carbocycles. The highest BCUT2D eigenvalue weighted by Crippen LogP contribution is 2.31. The highest BCUT2D eigenvalue weighted by Gasteiger charge is 2.28. The molecule has 1 N–H and O–H groups in total. The lowest BCUT2D eigenvalue weighted by Crippen LogP contribution is -2.40. The Morgan fingerprint density at radius 2 is 1.79 bits per heavy atom. The second-order valence-corrected chi connectivity index (χ2v) is 9.34. The normalized spacial score (nSPS) is 19.8. The molecule has 2 aromatic carbocycles. The third-order valence-corrected chi connectivity index (χ3v) is 7.32. The van der Waals surface area contributed by atoms with Crippen LogP contribution in [0.25, 0.3) is 0 Å². The van der Waals surface area contributed by atoms with E-state index in [1.165, 1.54) is 22.0 Å². The van der Waals surface area contributed by atoms with Gasteiger partial charge in [-0.15, -0.1) is 0 Å². The van der Waals surface area contributed by atoms with E-state index in [0.717, 1.165) is 12.1 Å². The molecule has 1 fully saturated rings. The number of ether oxygens (including phenoxy) is 1. The Morgan fingerprint density at radius 1 is 1.10 bits per heavy atom. The van der Waals surface area contributed by atoms with E-state index in [0.29, 0.717) is 32.0 Å². The quantitative estimate of drug-likeness (QED) is 0.809. The topological polar surface area (TPSA) is 79.0 Å². The number of para-hydroxylation sites is 1. The number of nitrogens with zero attached hydrogens (tertiary/aromatic N) is 2. The van der Waals surface area contributed by atoms with Crippen LogP contribution < -0.4 is 10.2 Å². The number of sulfonamides is 1. The van der Waals surface area contributed by atoms with Crippen LogP contribution in [0.1, 0.15) is 12.5 Å². The van der Waals surface area contributed by atoms with Crippen molar-refractivity contribution < 1.29 is 17.9 Å². The lowest BCUT2D eigenvalue weighted by molar-refractivity contribution is -0.115. The van der Waals surface area contributed by atoms with E-state index in [9.17, 15) is 13.2 Å². The Kier molecular flexibility index (Phi) is 5.58. The van der Waals surface area contributed by atoms with Crippen molar-refractivity contribution in [2.75, 3.05) is 43.1 Å². The van der Waals surface area contributed by atoms with Gasteiger partial charge < -0.3 is 15.0 Å². The van der Waals surface area contributed by atoms with Crippen molar-refractivity contribution in [1.82, 2.24) is 4.31 Å². The van der Waals surface area contributed by atoms with Crippen LogP contribution in [0.5, 0.6) is 0 Å². The van der Waals surface area contributed by atoms with Gasteiger partial charge in [-0.1, -0.05) is 18.2 Å². The lowest BCUT2D eigenvalue weighted by atomic mass is 10.1. The highest BCUT2D eigenvalue weighted by atomic mass is 32.2. The predicted molar refractivity (Wildman–Crippen MR) is 112 cm³/mol. The molecule has 2 aliphatic heterocycles. The molecule has 4 rings (SSSR count). The first kappa shape index (κ1) is 19.9. The zero-order valence-corrected chi connectivity index (χ0v) is 17.2. The van der Waals surface area contributed by atoms with Gasteiger partial charge in [0, 0.05) is 30.5 Å². The smallest absolute Gasteiger partial charge is 0.243 e. The summed E-state index contributed by atoms with van der Waals surface area (Å²) in [5, 5.41) is 2.87. The maximum absolute atomic E-state index is 12.7. The Labute approximate surface area is 171 Å². The van der Waals surface area contributed by atoms with Crippen molar-refractivity contribution in [2.45, 2.75) is 24.3 Å². The minimum Gasteiger partial charge on any atom is -0.379 e. The van der Waals surface area contributed by atoms with E-state index in [1.807, 2.05) is 18.2 Å². The number of carbonyl (C=O) groups is 1. The highest BCUT2D eigenvalue weighted by molar-refractivity contribution is 7.89.